The van der Waals surface area contributed by atoms with Crippen molar-refractivity contribution in [2.45, 2.75) is 5.41 Å². The molecule has 2 aliphatic rings. The Balaban J connectivity index is 0.930. The molecule has 0 fully saturated rings. The molecule has 0 saturated carbocycles. The van der Waals surface area contributed by atoms with Crippen molar-refractivity contribution in [2.24, 2.45) is 0 Å². The normalized spacial score (nSPS) is 13.2. The SMILES string of the molecule is c1ccc2c(c1)-c1ccccc1C21c2cc3cc(-c4ccc(-c5c6ccccc6c(-c6ccc7ccccc7c6)c6ccccc56)cc4)ccc3cc2-c2c1ccc1ccccc21. The molecule has 0 radical (unpaired) electrons. The molecule has 0 nitrogen and oxygen atoms in total. The van der Waals surface area contributed by atoms with Crippen LogP contribution in [0, 0.1) is 0 Å². The molecule has 0 aliphatic heterocycles. The third-order valence-corrected chi connectivity index (χ3v) is 14.4. The summed E-state index contributed by atoms with van der Waals surface area (Å²) in [5, 5.41) is 12.7. The molecule has 0 unspecified atom stereocenters. The highest BCUT2D eigenvalue weighted by Gasteiger charge is 2.52. The van der Waals surface area contributed by atoms with E-state index in [9.17, 15) is 0 Å². The van der Waals surface area contributed by atoms with Crippen LogP contribution in [0.2, 0.25) is 0 Å². The van der Waals surface area contributed by atoms with Crippen molar-refractivity contribution in [3.63, 3.8) is 0 Å². The smallest absolute Gasteiger partial charge is 0.0619 e. The van der Waals surface area contributed by atoms with Gasteiger partial charge in [0.2, 0.25) is 0 Å². The van der Waals surface area contributed by atoms with Gasteiger partial charge < -0.3 is 0 Å². The number of rotatable bonds is 3. The molecule has 14 rings (SSSR count). The Labute approximate surface area is 366 Å². The second-order valence-electron chi connectivity index (χ2n) is 17.5. The molecule has 2 aliphatic carbocycles. The number of hydrogen-bond acceptors (Lipinski definition) is 0. The molecule has 0 N–H and O–H groups in total. The van der Waals surface area contributed by atoms with E-state index in [1.54, 1.807) is 0 Å². The van der Waals surface area contributed by atoms with E-state index >= 15 is 0 Å². The van der Waals surface area contributed by atoms with Crippen LogP contribution in [-0.4, -0.2) is 0 Å². The van der Waals surface area contributed by atoms with Gasteiger partial charge >= 0.3 is 0 Å². The van der Waals surface area contributed by atoms with Crippen LogP contribution in [0.3, 0.4) is 0 Å². The van der Waals surface area contributed by atoms with Crippen molar-refractivity contribution in [1.29, 1.82) is 0 Å². The first kappa shape index (κ1) is 34.6. The van der Waals surface area contributed by atoms with Gasteiger partial charge in [0, 0.05) is 0 Å². The second-order valence-corrected chi connectivity index (χ2v) is 17.5. The minimum absolute atomic E-state index is 0.400. The molecule has 0 heteroatoms. The summed E-state index contributed by atoms with van der Waals surface area (Å²) >= 11 is 0. The first-order valence-corrected chi connectivity index (χ1v) is 22.1. The standard InChI is InChI=1S/C63H38/c1-2-15-43-35-46(32-27-39(43)13-1)61-53-21-7-5-19-51(53)60(52-20-6-8-22-54(52)61)42-28-25-40(26-29-42)44-30-31-45-37-55-59(38-47(45)36-44)63(58-34-33-41-14-3-4-16-48(41)62(55)58)56-23-11-9-17-49(56)50-18-10-12-24-57(50)63/h1-38H. The van der Waals surface area contributed by atoms with Crippen molar-refractivity contribution in [3.05, 3.63) is 253 Å². The highest BCUT2D eigenvalue weighted by atomic mass is 14.5. The third kappa shape index (κ3) is 4.75. The number of fused-ring (bicyclic) bond motifs is 16. The summed E-state index contributed by atoms with van der Waals surface area (Å²) in [4.78, 5) is 0. The molecular formula is C63H38. The van der Waals surface area contributed by atoms with Crippen LogP contribution in [0.1, 0.15) is 22.3 Å². The van der Waals surface area contributed by atoms with Crippen LogP contribution in [-0.2, 0) is 5.41 Å². The Morgan fingerprint density at radius 1 is 0.206 bits per heavy atom. The largest absolute Gasteiger partial charge is 0.0725 e. The van der Waals surface area contributed by atoms with Crippen LogP contribution < -0.4 is 0 Å². The summed E-state index contributed by atoms with van der Waals surface area (Å²) in [5.41, 5.74) is 17.9. The fourth-order valence-electron chi connectivity index (χ4n) is 11.8. The maximum absolute atomic E-state index is 2.52. The van der Waals surface area contributed by atoms with Gasteiger partial charge in [0.15, 0.2) is 0 Å². The first-order chi connectivity index (χ1) is 31.2. The molecule has 0 saturated heterocycles. The summed E-state index contributed by atoms with van der Waals surface area (Å²) < 4.78 is 0. The lowest BCUT2D eigenvalue weighted by atomic mass is 9.70. The predicted molar refractivity (Wildman–Crippen MR) is 267 cm³/mol. The molecule has 63 heavy (non-hydrogen) atoms. The molecule has 0 heterocycles. The lowest BCUT2D eigenvalue weighted by molar-refractivity contribution is 0.795. The Hall–Kier alpha value is -8.06. The lowest BCUT2D eigenvalue weighted by Gasteiger charge is -2.30. The minimum atomic E-state index is -0.400. The summed E-state index contributed by atoms with van der Waals surface area (Å²) in [7, 11) is 0. The average molecular weight is 795 g/mol. The molecule has 0 amide bonds. The van der Waals surface area contributed by atoms with E-state index in [0.717, 1.165) is 0 Å². The highest BCUT2D eigenvalue weighted by molar-refractivity contribution is 6.22. The lowest BCUT2D eigenvalue weighted by Crippen LogP contribution is -2.25. The number of benzene rings is 12. The van der Waals surface area contributed by atoms with Crippen LogP contribution in [0.4, 0.5) is 0 Å². The first-order valence-electron chi connectivity index (χ1n) is 22.1. The Morgan fingerprint density at radius 2 is 0.667 bits per heavy atom. The van der Waals surface area contributed by atoms with Crippen molar-refractivity contribution < 1.29 is 0 Å². The zero-order valence-corrected chi connectivity index (χ0v) is 34.4. The van der Waals surface area contributed by atoms with Gasteiger partial charge in [-0.15, -0.1) is 0 Å². The van der Waals surface area contributed by atoms with E-state index in [0.29, 0.717) is 0 Å². The van der Waals surface area contributed by atoms with Gasteiger partial charge in [-0.1, -0.05) is 206 Å². The molecule has 12 aromatic carbocycles. The molecule has 1 spiro atoms. The second kappa shape index (κ2) is 13.0. The predicted octanol–water partition coefficient (Wildman–Crippen LogP) is 16.8. The van der Waals surface area contributed by atoms with Gasteiger partial charge in [-0.05, 0) is 156 Å². The fourth-order valence-corrected chi connectivity index (χ4v) is 11.8. The number of hydrogen-bond donors (Lipinski definition) is 0. The summed E-state index contributed by atoms with van der Waals surface area (Å²) in [6.45, 7) is 0. The Morgan fingerprint density at radius 3 is 1.35 bits per heavy atom. The molecule has 0 aromatic heterocycles. The Kier molecular flexibility index (Phi) is 7.13. The molecular weight excluding hydrogens is 757 g/mol. The van der Waals surface area contributed by atoms with Gasteiger partial charge in [-0.2, -0.15) is 0 Å². The van der Waals surface area contributed by atoms with E-state index in [1.807, 2.05) is 0 Å². The van der Waals surface area contributed by atoms with Crippen LogP contribution >= 0.6 is 0 Å². The summed E-state index contributed by atoms with van der Waals surface area (Å²) in [6.07, 6.45) is 0. The van der Waals surface area contributed by atoms with E-state index in [4.69, 9.17) is 0 Å². The zero-order chi connectivity index (χ0) is 41.2. The van der Waals surface area contributed by atoms with Gasteiger partial charge in [0.25, 0.3) is 0 Å². The quantitative estimate of drug-likeness (QED) is 0.156. The maximum Gasteiger partial charge on any atom is 0.0725 e. The highest BCUT2D eigenvalue weighted by Crippen LogP contribution is 2.64. The molecule has 12 aromatic rings. The molecule has 0 atom stereocenters. The summed E-state index contributed by atoms with van der Waals surface area (Å²) in [6, 6.07) is 86.6. The van der Waals surface area contributed by atoms with E-state index < -0.39 is 5.41 Å². The van der Waals surface area contributed by atoms with E-state index in [-0.39, 0.29) is 0 Å². The van der Waals surface area contributed by atoms with Crippen molar-refractivity contribution in [2.75, 3.05) is 0 Å². The van der Waals surface area contributed by atoms with Crippen molar-refractivity contribution >= 4 is 53.9 Å². The third-order valence-electron chi connectivity index (χ3n) is 14.4. The van der Waals surface area contributed by atoms with Crippen molar-refractivity contribution in [3.8, 4) is 55.6 Å². The Bertz CT molecular complexity index is 3800. The van der Waals surface area contributed by atoms with E-state index in [2.05, 4.69) is 231 Å². The molecule has 290 valence electrons. The summed E-state index contributed by atoms with van der Waals surface area (Å²) in [5.74, 6) is 0. The maximum atomic E-state index is 2.52. The van der Waals surface area contributed by atoms with E-state index in [1.165, 1.54) is 132 Å². The molecule has 0 bridgehead atoms. The zero-order valence-electron chi connectivity index (χ0n) is 34.4. The van der Waals surface area contributed by atoms with Gasteiger partial charge in [-0.3, -0.25) is 0 Å². The topological polar surface area (TPSA) is 0 Å². The average Bonchev–Trinajstić information content (AvgIpc) is 3.81. The van der Waals surface area contributed by atoms with Crippen molar-refractivity contribution in [1.82, 2.24) is 0 Å². The van der Waals surface area contributed by atoms with Gasteiger partial charge in [0.1, 0.15) is 0 Å². The monoisotopic (exact) mass is 794 g/mol. The fraction of sp³-hybridized carbons (Fsp3) is 0.0159. The van der Waals surface area contributed by atoms with Crippen LogP contribution in [0.15, 0.2) is 231 Å². The van der Waals surface area contributed by atoms with Crippen LogP contribution in [0.5, 0.6) is 0 Å². The van der Waals surface area contributed by atoms with Crippen LogP contribution in [0.25, 0.3) is 109 Å². The van der Waals surface area contributed by atoms with Gasteiger partial charge in [-0.25, -0.2) is 0 Å². The van der Waals surface area contributed by atoms with Gasteiger partial charge in [0.05, 0.1) is 5.41 Å². The minimum Gasteiger partial charge on any atom is -0.0619 e.